The normalized spacial score (nSPS) is 22.9. The van der Waals surface area contributed by atoms with E-state index in [1.807, 2.05) is 0 Å². The molecule has 0 aliphatic heterocycles. The van der Waals surface area contributed by atoms with Gasteiger partial charge in [-0.15, -0.1) is 0 Å². The third-order valence-electron chi connectivity index (χ3n) is 6.97. The summed E-state index contributed by atoms with van der Waals surface area (Å²) in [6, 6.07) is 4.27. The van der Waals surface area contributed by atoms with Gasteiger partial charge in [0.2, 0.25) is 8.32 Å². The van der Waals surface area contributed by atoms with Gasteiger partial charge >= 0.3 is 0 Å². The van der Waals surface area contributed by atoms with Crippen molar-refractivity contribution in [3.8, 4) is 11.5 Å². The first kappa shape index (κ1) is 24.0. The van der Waals surface area contributed by atoms with E-state index < -0.39 is 8.32 Å². The maximum atomic E-state index is 6.84. The van der Waals surface area contributed by atoms with Crippen molar-refractivity contribution in [1.29, 1.82) is 0 Å². The van der Waals surface area contributed by atoms with Crippen LogP contribution in [0.2, 0.25) is 18.1 Å². The van der Waals surface area contributed by atoms with Crippen LogP contribution in [-0.2, 0) is 0 Å². The van der Waals surface area contributed by atoms with Crippen molar-refractivity contribution in [3.63, 3.8) is 0 Å². The summed E-state index contributed by atoms with van der Waals surface area (Å²) < 4.78 is 13.4. The molecule has 2 nitrogen and oxygen atoms in total. The summed E-state index contributed by atoms with van der Waals surface area (Å²) in [5, 5.41) is 1.14. The van der Waals surface area contributed by atoms with Crippen molar-refractivity contribution in [2.45, 2.75) is 71.5 Å². The summed E-state index contributed by atoms with van der Waals surface area (Å²) in [6.07, 6.45) is 2.24. The highest BCUT2D eigenvalue weighted by molar-refractivity contribution is 9.10. The van der Waals surface area contributed by atoms with Gasteiger partial charge in [-0.2, -0.15) is 0 Å². The Balaban J connectivity index is 2.66. The number of benzene rings is 1. The van der Waals surface area contributed by atoms with Crippen LogP contribution in [0.5, 0.6) is 11.5 Å². The van der Waals surface area contributed by atoms with Crippen molar-refractivity contribution < 1.29 is 9.16 Å². The Morgan fingerprint density at radius 1 is 1.21 bits per heavy atom. The standard InChI is InChI=1S/C23H36Br2O2Si/c1-15-10-11-16(14-24)23(5,6)21(15)17-12-20(26-7)18(25)13-19(17)27-28(8,9)22(2,3)4/h12-13,16,21H,1,10-11,14H2,2-9H3/t16-,21-/m1/s1. The first-order chi connectivity index (χ1) is 12.8. The van der Waals surface area contributed by atoms with Crippen molar-refractivity contribution >= 4 is 40.2 Å². The van der Waals surface area contributed by atoms with E-state index in [-0.39, 0.29) is 16.4 Å². The topological polar surface area (TPSA) is 18.5 Å². The first-order valence-corrected chi connectivity index (χ1v) is 14.9. The largest absolute Gasteiger partial charge is 0.543 e. The predicted octanol–water partition coefficient (Wildman–Crippen LogP) is 8.31. The second-order valence-corrected chi connectivity index (χ2v) is 16.4. The smallest absolute Gasteiger partial charge is 0.250 e. The highest BCUT2D eigenvalue weighted by atomic mass is 79.9. The molecule has 158 valence electrons. The summed E-state index contributed by atoms with van der Waals surface area (Å²) in [7, 11) is -0.263. The van der Waals surface area contributed by atoms with Gasteiger partial charge in [-0.3, -0.25) is 0 Å². The minimum absolute atomic E-state index is 0.0865. The number of allylic oxidation sites excluding steroid dienone is 1. The molecule has 0 N–H and O–H groups in total. The lowest BCUT2D eigenvalue weighted by Crippen LogP contribution is -2.44. The maximum absolute atomic E-state index is 6.84. The molecule has 1 aromatic rings. The van der Waals surface area contributed by atoms with Crippen molar-refractivity contribution in [2.75, 3.05) is 12.4 Å². The van der Waals surface area contributed by atoms with Crippen LogP contribution in [0.15, 0.2) is 28.8 Å². The SMILES string of the molecule is C=C1CC[C@H](CBr)C(C)(C)[C@H]1c1cc(OC)c(Br)cc1O[Si](C)(C)C(C)(C)C. The maximum Gasteiger partial charge on any atom is 0.250 e. The molecule has 1 aliphatic carbocycles. The number of hydrogen-bond donors (Lipinski definition) is 0. The number of hydrogen-bond acceptors (Lipinski definition) is 2. The molecule has 28 heavy (non-hydrogen) atoms. The van der Waals surface area contributed by atoms with Crippen LogP contribution in [-0.4, -0.2) is 20.8 Å². The van der Waals surface area contributed by atoms with E-state index in [1.54, 1.807) is 7.11 Å². The molecule has 0 radical (unpaired) electrons. The van der Waals surface area contributed by atoms with E-state index in [1.165, 1.54) is 17.6 Å². The minimum Gasteiger partial charge on any atom is -0.543 e. The van der Waals surface area contributed by atoms with Gasteiger partial charge < -0.3 is 9.16 Å². The molecule has 1 aliphatic rings. The molecule has 2 atom stereocenters. The Morgan fingerprint density at radius 3 is 2.32 bits per heavy atom. The molecule has 2 rings (SSSR count). The fourth-order valence-corrected chi connectivity index (χ4v) is 6.66. The van der Waals surface area contributed by atoms with E-state index >= 15 is 0 Å². The molecule has 0 unspecified atom stereocenters. The summed E-state index contributed by atoms with van der Waals surface area (Å²) >= 11 is 7.43. The average molecular weight is 532 g/mol. The third-order valence-corrected chi connectivity index (χ3v) is 12.7. The van der Waals surface area contributed by atoms with E-state index in [4.69, 9.17) is 9.16 Å². The second-order valence-electron chi connectivity index (χ2n) is 10.2. The molecule has 0 spiro atoms. The lowest BCUT2D eigenvalue weighted by molar-refractivity contribution is 0.161. The van der Waals surface area contributed by atoms with Gasteiger partial charge in [-0.25, -0.2) is 0 Å². The zero-order valence-corrected chi connectivity index (χ0v) is 22.9. The van der Waals surface area contributed by atoms with Gasteiger partial charge in [0.1, 0.15) is 11.5 Å². The molecular weight excluding hydrogens is 496 g/mol. The molecule has 0 amide bonds. The molecule has 0 heterocycles. The lowest BCUT2D eigenvalue weighted by atomic mass is 9.59. The zero-order chi connectivity index (χ0) is 21.5. The molecule has 0 saturated heterocycles. The van der Waals surface area contributed by atoms with Crippen LogP contribution in [0.1, 0.15) is 58.9 Å². The molecule has 0 bridgehead atoms. The van der Waals surface area contributed by atoms with Crippen LogP contribution >= 0.6 is 31.9 Å². The summed E-state index contributed by atoms with van der Waals surface area (Å²) in [6.45, 7) is 20.7. The van der Waals surface area contributed by atoms with E-state index in [0.29, 0.717) is 5.92 Å². The van der Waals surface area contributed by atoms with Crippen LogP contribution in [0.3, 0.4) is 0 Å². The highest BCUT2D eigenvalue weighted by Crippen LogP contribution is 2.56. The van der Waals surface area contributed by atoms with Crippen molar-refractivity contribution in [1.82, 2.24) is 0 Å². The van der Waals surface area contributed by atoms with Crippen LogP contribution in [0.25, 0.3) is 0 Å². The average Bonchev–Trinajstić information content (AvgIpc) is 2.54. The molecule has 0 aromatic heterocycles. The Hall–Kier alpha value is -0.263. The van der Waals surface area contributed by atoms with Gasteiger partial charge in [0, 0.05) is 16.8 Å². The van der Waals surface area contributed by atoms with Gasteiger partial charge in [-0.1, -0.05) is 62.7 Å². The van der Waals surface area contributed by atoms with Gasteiger partial charge in [0.15, 0.2) is 0 Å². The lowest BCUT2D eigenvalue weighted by Gasteiger charge is -2.47. The number of alkyl halides is 1. The Bertz CT molecular complexity index is 735. The van der Waals surface area contributed by atoms with Gasteiger partial charge in [0.05, 0.1) is 11.6 Å². The Morgan fingerprint density at radius 2 is 1.82 bits per heavy atom. The number of halogens is 2. The summed E-state index contributed by atoms with van der Waals surface area (Å²) in [5.41, 5.74) is 2.60. The minimum atomic E-state index is -1.99. The van der Waals surface area contributed by atoms with Crippen molar-refractivity contribution in [3.05, 3.63) is 34.3 Å². The highest BCUT2D eigenvalue weighted by Gasteiger charge is 2.45. The van der Waals surface area contributed by atoms with E-state index in [0.717, 1.165) is 27.7 Å². The second kappa shape index (κ2) is 8.47. The fourth-order valence-electron chi connectivity index (χ4n) is 3.98. The molecule has 1 saturated carbocycles. The monoisotopic (exact) mass is 530 g/mol. The van der Waals surface area contributed by atoms with Crippen LogP contribution in [0.4, 0.5) is 0 Å². The Kier molecular flexibility index (Phi) is 7.26. The van der Waals surface area contributed by atoms with Gasteiger partial charge in [-0.05, 0) is 70.4 Å². The number of methoxy groups -OCH3 is 1. The summed E-state index contributed by atoms with van der Waals surface area (Å²) in [4.78, 5) is 0. The molecule has 1 aromatic carbocycles. The van der Waals surface area contributed by atoms with E-state index in [9.17, 15) is 0 Å². The van der Waals surface area contributed by atoms with Crippen LogP contribution < -0.4 is 9.16 Å². The fraction of sp³-hybridized carbons (Fsp3) is 0.652. The molecule has 5 heteroatoms. The molecule has 1 fully saturated rings. The first-order valence-electron chi connectivity index (χ1n) is 10.1. The van der Waals surface area contributed by atoms with Crippen molar-refractivity contribution in [2.24, 2.45) is 11.3 Å². The van der Waals surface area contributed by atoms with E-state index in [2.05, 4.69) is 98.3 Å². The van der Waals surface area contributed by atoms with Crippen LogP contribution in [0, 0.1) is 11.3 Å². The number of rotatable bonds is 5. The quantitative estimate of drug-likeness (QED) is 0.216. The predicted molar refractivity (Wildman–Crippen MR) is 131 cm³/mol. The Labute approximate surface area is 189 Å². The van der Waals surface area contributed by atoms with Gasteiger partial charge in [0.25, 0.3) is 0 Å². The number of ether oxygens (including phenoxy) is 1. The molecular formula is C23H36Br2O2Si. The zero-order valence-electron chi connectivity index (χ0n) is 18.7. The third kappa shape index (κ3) is 4.56. The summed E-state index contributed by atoms with van der Waals surface area (Å²) in [5.74, 6) is 2.67.